The first-order valence-corrected chi connectivity index (χ1v) is 11.7. The molecule has 0 unspecified atom stereocenters. The zero-order valence-electron chi connectivity index (χ0n) is 20.6. The van der Waals surface area contributed by atoms with Crippen molar-refractivity contribution in [2.24, 2.45) is 0 Å². The normalized spacial score (nSPS) is 14.0. The molecule has 7 heteroatoms. The lowest BCUT2D eigenvalue weighted by Crippen LogP contribution is -2.35. The molecule has 2 amide bonds. The van der Waals surface area contributed by atoms with Crippen molar-refractivity contribution >= 4 is 51.7 Å². The van der Waals surface area contributed by atoms with E-state index in [1.807, 2.05) is 81.4 Å². The summed E-state index contributed by atoms with van der Waals surface area (Å²) in [6.07, 6.45) is 0. The van der Waals surface area contributed by atoms with Gasteiger partial charge in [0.1, 0.15) is 0 Å². The van der Waals surface area contributed by atoms with E-state index in [4.69, 9.17) is 11.6 Å². The first-order valence-electron chi connectivity index (χ1n) is 11.4. The average Bonchev–Trinajstić information content (AvgIpc) is 3.14. The van der Waals surface area contributed by atoms with Gasteiger partial charge in [0.25, 0.3) is 5.91 Å². The van der Waals surface area contributed by atoms with Gasteiger partial charge in [0, 0.05) is 29.0 Å². The Morgan fingerprint density at radius 2 is 1.69 bits per heavy atom. The SMILES string of the molecule is Cc1c(N/C(=C2\C(=O)Nc3cc(Cl)ccc32)c2ccccc2)ccc(N(C)C(=O)CN(C)C)c1C. The van der Waals surface area contributed by atoms with E-state index >= 15 is 0 Å². The smallest absolute Gasteiger partial charge is 0.258 e. The second-order valence-corrected chi connectivity index (χ2v) is 9.39. The molecule has 0 atom stereocenters. The van der Waals surface area contributed by atoms with E-state index in [2.05, 4.69) is 10.6 Å². The van der Waals surface area contributed by atoms with Crippen LogP contribution in [0.25, 0.3) is 11.3 Å². The molecular formula is C28H29ClN4O2. The summed E-state index contributed by atoms with van der Waals surface area (Å²) < 4.78 is 0. The molecular weight excluding hydrogens is 460 g/mol. The summed E-state index contributed by atoms with van der Waals surface area (Å²) in [6, 6.07) is 19.1. The number of likely N-dealkylation sites (N-methyl/N-ethyl adjacent to an activating group) is 2. The van der Waals surface area contributed by atoms with E-state index in [-0.39, 0.29) is 11.8 Å². The molecule has 0 saturated carbocycles. The van der Waals surface area contributed by atoms with Crippen molar-refractivity contribution in [2.75, 3.05) is 43.2 Å². The van der Waals surface area contributed by atoms with E-state index in [1.165, 1.54) is 0 Å². The Labute approximate surface area is 211 Å². The Morgan fingerprint density at radius 1 is 0.971 bits per heavy atom. The van der Waals surface area contributed by atoms with Crippen LogP contribution in [0.5, 0.6) is 0 Å². The number of carbonyl (C=O) groups is 2. The Morgan fingerprint density at radius 3 is 2.37 bits per heavy atom. The molecule has 1 aliphatic rings. The molecule has 0 aromatic heterocycles. The molecule has 4 rings (SSSR count). The number of nitrogens with zero attached hydrogens (tertiary/aromatic N) is 2. The lowest BCUT2D eigenvalue weighted by molar-refractivity contribution is -0.119. The van der Waals surface area contributed by atoms with E-state index < -0.39 is 0 Å². The molecule has 3 aromatic carbocycles. The molecule has 1 aliphatic heterocycles. The fourth-order valence-electron chi connectivity index (χ4n) is 4.23. The summed E-state index contributed by atoms with van der Waals surface area (Å²) in [5.74, 6) is -0.170. The lowest BCUT2D eigenvalue weighted by atomic mass is 9.99. The third-order valence-corrected chi connectivity index (χ3v) is 6.48. The monoisotopic (exact) mass is 488 g/mol. The van der Waals surface area contributed by atoms with Gasteiger partial charge in [-0.05, 0) is 68.9 Å². The highest BCUT2D eigenvalue weighted by Gasteiger charge is 2.29. The number of fused-ring (bicyclic) bond motifs is 1. The molecule has 0 radical (unpaired) electrons. The van der Waals surface area contributed by atoms with Crippen LogP contribution in [0.3, 0.4) is 0 Å². The lowest BCUT2D eigenvalue weighted by Gasteiger charge is -2.24. The van der Waals surface area contributed by atoms with Gasteiger partial charge in [0.2, 0.25) is 5.91 Å². The van der Waals surface area contributed by atoms with Crippen LogP contribution >= 0.6 is 11.6 Å². The Balaban J connectivity index is 1.79. The Hall–Kier alpha value is -3.61. The minimum absolute atomic E-state index is 0.0168. The molecule has 0 fully saturated rings. The van der Waals surface area contributed by atoms with Crippen molar-refractivity contribution in [1.82, 2.24) is 4.90 Å². The quantitative estimate of drug-likeness (QED) is 0.455. The van der Waals surface area contributed by atoms with E-state index in [0.29, 0.717) is 28.5 Å². The van der Waals surface area contributed by atoms with Crippen molar-refractivity contribution in [1.29, 1.82) is 0 Å². The van der Waals surface area contributed by atoms with E-state index in [1.54, 1.807) is 24.1 Å². The summed E-state index contributed by atoms with van der Waals surface area (Å²) in [7, 11) is 5.55. The topological polar surface area (TPSA) is 64.7 Å². The first kappa shape index (κ1) is 24.5. The largest absolute Gasteiger partial charge is 0.354 e. The molecule has 0 aliphatic carbocycles. The third kappa shape index (κ3) is 4.94. The van der Waals surface area contributed by atoms with Crippen molar-refractivity contribution in [3.8, 4) is 0 Å². The van der Waals surface area contributed by atoms with Crippen LogP contribution in [0.15, 0.2) is 60.7 Å². The predicted octanol–water partition coefficient (Wildman–Crippen LogP) is 5.41. The molecule has 180 valence electrons. The van der Waals surface area contributed by atoms with Gasteiger partial charge in [-0.1, -0.05) is 48.0 Å². The van der Waals surface area contributed by atoms with Gasteiger partial charge in [-0.3, -0.25) is 9.59 Å². The van der Waals surface area contributed by atoms with Crippen LogP contribution in [0.4, 0.5) is 17.1 Å². The zero-order valence-corrected chi connectivity index (χ0v) is 21.3. The summed E-state index contributed by atoms with van der Waals surface area (Å²) in [6.45, 7) is 4.35. The minimum atomic E-state index is -0.186. The van der Waals surface area contributed by atoms with Gasteiger partial charge in [-0.2, -0.15) is 0 Å². The number of benzene rings is 3. The molecule has 0 bridgehead atoms. The highest BCUT2D eigenvalue weighted by atomic mass is 35.5. The van der Waals surface area contributed by atoms with Gasteiger partial charge < -0.3 is 20.4 Å². The van der Waals surface area contributed by atoms with Crippen LogP contribution < -0.4 is 15.5 Å². The summed E-state index contributed by atoms with van der Waals surface area (Å²) in [4.78, 5) is 29.3. The molecule has 0 saturated heterocycles. The summed E-state index contributed by atoms with van der Waals surface area (Å²) in [5, 5.41) is 7.03. The van der Waals surface area contributed by atoms with Crippen molar-refractivity contribution in [3.63, 3.8) is 0 Å². The Kier molecular flexibility index (Phi) is 6.96. The van der Waals surface area contributed by atoms with Crippen molar-refractivity contribution in [3.05, 3.63) is 87.9 Å². The number of amides is 2. The molecule has 6 nitrogen and oxygen atoms in total. The fraction of sp³-hybridized carbons (Fsp3) is 0.214. The van der Waals surface area contributed by atoms with Crippen LogP contribution in [0.1, 0.15) is 22.3 Å². The third-order valence-electron chi connectivity index (χ3n) is 6.24. The number of halogens is 1. The molecule has 35 heavy (non-hydrogen) atoms. The van der Waals surface area contributed by atoms with Crippen LogP contribution in [0.2, 0.25) is 5.02 Å². The number of rotatable bonds is 6. The van der Waals surface area contributed by atoms with Gasteiger partial charge in [-0.15, -0.1) is 0 Å². The number of anilines is 3. The first-order chi connectivity index (χ1) is 16.7. The van der Waals surface area contributed by atoms with Crippen LogP contribution in [-0.4, -0.2) is 44.4 Å². The maximum atomic E-state index is 13.1. The van der Waals surface area contributed by atoms with Gasteiger partial charge in [-0.25, -0.2) is 0 Å². The maximum absolute atomic E-state index is 13.1. The maximum Gasteiger partial charge on any atom is 0.258 e. The number of carbonyl (C=O) groups excluding carboxylic acids is 2. The fourth-order valence-corrected chi connectivity index (χ4v) is 4.40. The Bertz CT molecular complexity index is 1330. The summed E-state index contributed by atoms with van der Waals surface area (Å²) in [5.41, 5.74) is 7.34. The van der Waals surface area contributed by atoms with E-state index in [0.717, 1.165) is 33.6 Å². The highest BCUT2D eigenvalue weighted by molar-refractivity contribution is 6.38. The van der Waals surface area contributed by atoms with Gasteiger partial charge in [0.15, 0.2) is 0 Å². The molecule has 2 N–H and O–H groups in total. The predicted molar refractivity (Wildman–Crippen MR) is 145 cm³/mol. The molecule has 3 aromatic rings. The average molecular weight is 489 g/mol. The summed E-state index contributed by atoms with van der Waals surface area (Å²) >= 11 is 6.16. The number of hydrogen-bond donors (Lipinski definition) is 2. The van der Waals surface area contributed by atoms with E-state index in [9.17, 15) is 9.59 Å². The number of hydrogen-bond acceptors (Lipinski definition) is 4. The highest BCUT2D eigenvalue weighted by Crippen LogP contribution is 2.39. The van der Waals surface area contributed by atoms with Crippen LogP contribution in [-0.2, 0) is 9.59 Å². The number of nitrogens with one attached hydrogen (secondary N) is 2. The zero-order chi connectivity index (χ0) is 25.3. The van der Waals surface area contributed by atoms with Gasteiger partial charge >= 0.3 is 0 Å². The second-order valence-electron chi connectivity index (χ2n) is 8.96. The van der Waals surface area contributed by atoms with Crippen molar-refractivity contribution in [2.45, 2.75) is 13.8 Å². The molecule has 0 spiro atoms. The minimum Gasteiger partial charge on any atom is -0.354 e. The second kappa shape index (κ2) is 9.94. The van der Waals surface area contributed by atoms with Crippen LogP contribution in [0, 0.1) is 13.8 Å². The standard InChI is InChI=1S/C28H29ClN4O2/c1-17-18(2)24(33(5)25(34)16-32(3)4)14-13-22(17)30-27(19-9-7-6-8-10-19)26-21-12-11-20(29)15-23(21)31-28(26)35/h6-15,30H,16H2,1-5H3,(H,31,35)/b27-26-. The van der Waals surface area contributed by atoms with Crippen molar-refractivity contribution < 1.29 is 9.59 Å². The molecule has 1 heterocycles. The van der Waals surface area contributed by atoms with Gasteiger partial charge in [0.05, 0.1) is 23.5 Å².